The zero-order valence-corrected chi connectivity index (χ0v) is 10.5. The van der Waals surface area contributed by atoms with Crippen LogP contribution in [0.25, 0.3) is 10.9 Å². The molecule has 0 radical (unpaired) electrons. The molecular formula is C14H15N3O2. The molecule has 0 bridgehead atoms. The van der Waals surface area contributed by atoms with E-state index in [-0.39, 0.29) is 11.5 Å². The number of urea groups is 1. The molecule has 1 aliphatic rings. The minimum Gasteiger partial charge on any atom is -0.359 e. The topological polar surface area (TPSA) is 65.2 Å². The molecule has 19 heavy (non-hydrogen) atoms. The van der Waals surface area contributed by atoms with Crippen LogP contribution in [0.5, 0.6) is 0 Å². The van der Waals surface area contributed by atoms with Crippen molar-refractivity contribution in [2.24, 2.45) is 0 Å². The summed E-state index contributed by atoms with van der Waals surface area (Å²) in [6.45, 7) is 1.52. The maximum absolute atomic E-state index is 12.2. The highest BCUT2D eigenvalue weighted by Crippen LogP contribution is 2.12. The Morgan fingerprint density at radius 2 is 1.95 bits per heavy atom. The summed E-state index contributed by atoms with van der Waals surface area (Å²) in [6, 6.07) is 7.06. The monoisotopic (exact) mass is 257 g/mol. The number of H-pyrrole nitrogens is 1. The van der Waals surface area contributed by atoms with E-state index < -0.39 is 0 Å². The minimum atomic E-state index is -0.196. The molecule has 1 saturated heterocycles. The predicted octanol–water partition coefficient (Wildman–Crippen LogP) is 2.16. The van der Waals surface area contributed by atoms with Crippen LogP contribution in [0.1, 0.15) is 12.8 Å². The normalized spacial score (nSPS) is 14.8. The first-order chi connectivity index (χ1) is 9.25. The van der Waals surface area contributed by atoms with Crippen LogP contribution in [0.2, 0.25) is 0 Å². The molecule has 0 spiro atoms. The number of nitrogens with zero attached hydrogens (tertiary/aromatic N) is 1. The summed E-state index contributed by atoms with van der Waals surface area (Å²) in [4.78, 5) is 28.9. The van der Waals surface area contributed by atoms with Crippen LogP contribution >= 0.6 is 0 Å². The third-order valence-electron chi connectivity index (χ3n) is 3.42. The van der Waals surface area contributed by atoms with Crippen molar-refractivity contribution in [2.45, 2.75) is 12.8 Å². The molecular weight excluding hydrogens is 242 g/mol. The van der Waals surface area contributed by atoms with Crippen molar-refractivity contribution in [3.8, 4) is 0 Å². The van der Waals surface area contributed by atoms with Gasteiger partial charge in [0, 0.05) is 30.2 Å². The number of carbonyl (C=O) groups is 1. The van der Waals surface area contributed by atoms with Crippen LogP contribution in [-0.4, -0.2) is 29.0 Å². The van der Waals surface area contributed by atoms with Crippen molar-refractivity contribution in [1.82, 2.24) is 9.88 Å². The predicted molar refractivity (Wildman–Crippen MR) is 74.4 cm³/mol. The number of benzene rings is 1. The van der Waals surface area contributed by atoms with Gasteiger partial charge in [0.25, 0.3) is 0 Å². The number of anilines is 1. The van der Waals surface area contributed by atoms with E-state index in [9.17, 15) is 9.59 Å². The molecule has 5 nitrogen and oxygen atoms in total. The number of aromatic amines is 1. The number of nitrogens with one attached hydrogen (secondary N) is 2. The number of hydrogen-bond donors (Lipinski definition) is 2. The average molecular weight is 257 g/mol. The SMILES string of the molecule is O=C(Nc1c[nH]c2ccccc2c1=O)N1CCCC1. The molecule has 3 rings (SSSR count). The first-order valence-corrected chi connectivity index (χ1v) is 6.42. The molecule has 1 aliphatic heterocycles. The summed E-state index contributed by atoms with van der Waals surface area (Å²) >= 11 is 0. The summed E-state index contributed by atoms with van der Waals surface area (Å²) in [7, 11) is 0. The lowest BCUT2D eigenvalue weighted by molar-refractivity contribution is 0.222. The van der Waals surface area contributed by atoms with Crippen LogP contribution in [-0.2, 0) is 0 Å². The number of hydrogen-bond acceptors (Lipinski definition) is 2. The van der Waals surface area contributed by atoms with Gasteiger partial charge in [-0.25, -0.2) is 4.79 Å². The summed E-state index contributed by atoms with van der Waals surface area (Å²) in [5.41, 5.74) is 0.921. The fourth-order valence-electron chi connectivity index (χ4n) is 2.37. The number of aromatic nitrogens is 1. The van der Waals surface area contributed by atoms with Gasteiger partial charge < -0.3 is 15.2 Å². The Kier molecular flexibility index (Phi) is 2.95. The van der Waals surface area contributed by atoms with Crippen molar-refractivity contribution in [1.29, 1.82) is 0 Å². The molecule has 0 unspecified atom stereocenters. The lowest BCUT2D eigenvalue weighted by Crippen LogP contribution is -2.33. The molecule has 2 aromatic rings. The van der Waals surface area contributed by atoms with Gasteiger partial charge in [-0.3, -0.25) is 4.79 Å². The van der Waals surface area contributed by atoms with E-state index in [2.05, 4.69) is 10.3 Å². The van der Waals surface area contributed by atoms with Crippen molar-refractivity contribution < 1.29 is 4.79 Å². The van der Waals surface area contributed by atoms with Crippen LogP contribution in [0.4, 0.5) is 10.5 Å². The molecule has 2 heterocycles. The molecule has 2 N–H and O–H groups in total. The van der Waals surface area contributed by atoms with Gasteiger partial charge in [-0.2, -0.15) is 0 Å². The average Bonchev–Trinajstić information content (AvgIpc) is 2.96. The van der Waals surface area contributed by atoms with Gasteiger partial charge in [-0.15, -0.1) is 0 Å². The van der Waals surface area contributed by atoms with E-state index in [4.69, 9.17) is 0 Å². The lowest BCUT2D eigenvalue weighted by atomic mass is 10.2. The second-order valence-corrected chi connectivity index (χ2v) is 4.70. The lowest BCUT2D eigenvalue weighted by Gasteiger charge is -2.15. The Morgan fingerprint density at radius 3 is 2.74 bits per heavy atom. The highest BCUT2D eigenvalue weighted by Gasteiger charge is 2.18. The molecule has 98 valence electrons. The van der Waals surface area contributed by atoms with Gasteiger partial charge in [0.2, 0.25) is 5.43 Å². The van der Waals surface area contributed by atoms with Gasteiger partial charge in [-0.1, -0.05) is 12.1 Å². The number of fused-ring (bicyclic) bond motifs is 1. The minimum absolute atomic E-state index is 0.151. The van der Waals surface area contributed by atoms with Crippen molar-refractivity contribution in [2.75, 3.05) is 18.4 Å². The molecule has 0 atom stereocenters. The first kappa shape index (κ1) is 11.8. The summed E-state index contributed by atoms with van der Waals surface area (Å²) < 4.78 is 0. The number of amides is 2. The molecule has 1 aromatic carbocycles. The van der Waals surface area contributed by atoms with E-state index in [1.54, 1.807) is 17.2 Å². The molecule has 1 fully saturated rings. The Balaban J connectivity index is 1.91. The van der Waals surface area contributed by atoms with Crippen LogP contribution < -0.4 is 10.7 Å². The quantitative estimate of drug-likeness (QED) is 0.822. The number of pyridine rings is 1. The maximum atomic E-state index is 12.2. The fourth-order valence-corrected chi connectivity index (χ4v) is 2.37. The van der Waals surface area contributed by atoms with Crippen molar-refractivity contribution >= 4 is 22.6 Å². The molecule has 1 aromatic heterocycles. The van der Waals surface area contributed by atoms with E-state index >= 15 is 0 Å². The summed E-state index contributed by atoms with van der Waals surface area (Å²) in [6.07, 6.45) is 3.61. The van der Waals surface area contributed by atoms with Gasteiger partial charge in [0.05, 0.1) is 0 Å². The zero-order chi connectivity index (χ0) is 13.2. The second-order valence-electron chi connectivity index (χ2n) is 4.70. The Hall–Kier alpha value is -2.30. The fraction of sp³-hybridized carbons (Fsp3) is 0.286. The number of para-hydroxylation sites is 1. The van der Waals surface area contributed by atoms with E-state index in [1.807, 2.05) is 18.2 Å². The highest BCUT2D eigenvalue weighted by atomic mass is 16.2. The Labute approximate surface area is 110 Å². The van der Waals surface area contributed by atoms with Gasteiger partial charge in [0.1, 0.15) is 5.69 Å². The largest absolute Gasteiger partial charge is 0.359 e. The summed E-state index contributed by atoms with van der Waals surface area (Å²) in [5.74, 6) is 0. The van der Waals surface area contributed by atoms with E-state index in [0.717, 1.165) is 31.4 Å². The number of likely N-dealkylation sites (tertiary alicyclic amines) is 1. The molecule has 0 saturated carbocycles. The molecule has 5 heteroatoms. The third kappa shape index (κ3) is 2.19. The van der Waals surface area contributed by atoms with Gasteiger partial charge >= 0.3 is 6.03 Å². The van der Waals surface area contributed by atoms with Crippen molar-refractivity contribution in [3.63, 3.8) is 0 Å². The van der Waals surface area contributed by atoms with E-state index in [1.165, 1.54) is 0 Å². The summed E-state index contributed by atoms with van der Waals surface area (Å²) in [5, 5.41) is 3.27. The van der Waals surface area contributed by atoms with Crippen LogP contribution in [0.15, 0.2) is 35.3 Å². The highest BCUT2D eigenvalue weighted by molar-refractivity contribution is 5.92. The smallest absolute Gasteiger partial charge is 0.321 e. The Bertz CT molecular complexity index is 672. The standard InChI is InChI=1S/C14H15N3O2/c18-13-10-5-1-2-6-11(10)15-9-12(13)16-14(19)17-7-3-4-8-17/h1-2,5-6,9H,3-4,7-8H2,(H,15,18)(H,16,19). The first-order valence-electron chi connectivity index (χ1n) is 6.42. The number of carbonyl (C=O) groups excluding carboxylic acids is 1. The van der Waals surface area contributed by atoms with Gasteiger partial charge in [0.15, 0.2) is 0 Å². The Morgan fingerprint density at radius 1 is 1.21 bits per heavy atom. The number of rotatable bonds is 1. The van der Waals surface area contributed by atoms with E-state index in [0.29, 0.717) is 11.1 Å². The molecule has 2 amide bonds. The van der Waals surface area contributed by atoms with Crippen LogP contribution in [0, 0.1) is 0 Å². The maximum Gasteiger partial charge on any atom is 0.321 e. The zero-order valence-electron chi connectivity index (χ0n) is 10.5. The van der Waals surface area contributed by atoms with Crippen LogP contribution in [0.3, 0.4) is 0 Å². The van der Waals surface area contributed by atoms with Gasteiger partial charge in [-0.05, 0) is 25.0 Å². The van der Waals surface area contributed by atoms with Crippen molar-refractivity contribution in [3.05, 3.63) is 40.7 Å². The molecule has 0 aliphatic carbocycles. The second kappa shape index (κ2) is 4.76. The third-order valence-corrected chi connectivity index (χ3v) is 3.42.